The van der Waals surface area contributed by atoms with Gasteiger partial charge in [0.25, 0.3) is 5.69 Å². The third kappa shape index (κ3) is 4.75. The summed E-state index contributed by atoms with van der Waals surface area (Å²) in [4.78, 5) is 14.7. The standard InChI is InChI=1S/C19H18FN3O4/c20-18-7-2-1-4-15(18)12-27-13-17(24)11-22-9-8-21-19(22)14-5-3-6-16(10-14)23(25)26/h1-10,17,24H,11-13H2/t17-/m0/s1. The Morgan fingerprint density at radius 1 is 1.26 bits per heavy atom. The topological polar surface area (TPSA) is 90.4 Å². The van der Waals surface area contributed by atoms with Crippen LogP contribution in [0, 0.1) is 15.9 Å². The molecule has 1 N–H and O–H groups in total. The van der Waals surface area contributed by atoms with Crippen molar-refractivity contribution in [2.75, 3.05) is 6.61 Å². The molecule has 0 radical (unpaired) electrons. The Bertz CT molecular complexity index is 929. The van der Waals surface area contributed by atoms with Gasteiger partial charge in [0.05, 0.1) is 30.8 Å². The Hall–Kier alpha value is -3.10. The van der Waals surface area contributed by atoms with Gasteiger partial charge in [0.2, 0.25) is 0 Å². The highest BCUT2D eigenvalue weighted by Crippen LogP contribution is 2.22. The Morgan fingerprint density at radius 3 is 2.85 bits per heavy atom. The van der Waals surface area contributed by atoms with Crippen molar-refractivity contribution in [3.8, 4) is 11.4 Å². The van der Waals surface area contributed by atoms with Gasteiger partial charge in [-0.1, -0.05) is 30.3 Å². The van der Waals surface area contributed by atoms with E-state index in [9.17, 15) is 19.6 Å². The lowest BCUT2D eigenvalue weighted by molar-refractivity contribution is -0.384. The first-order valence-electron chi connectivity index (χ1n) is 8.30. The number of halogens is 1. The van der Waals surface area contributed by atoms with Crippen LogP contribution in [0.2, 0.25) is 0 Å². The number of non-ortho nitro benzene ring substituents is 1. The van der Waals surface area contributed by atoms with Crippen LogP contribution in [0.15, 0.2) is 60.9 Å². The first kappa shape index (κ1) is 18.7. The molecule has 3 rings (SSSR count). The lowest BCUT2D eigenvalue weighted by Crippen LogP contribution is -2.22. The van der Waals surface area contributed by atoms with Crippen molar-refractivity contribution in [1.82, 2.24) is 9.55 Å². The molecule has 0 amide bonds. The van der Waals surface area contributed by atoms with Gasteiger partial charge >= 0.3 is 0 Å². The Labute approximate surface area is 154 Å². The zero-order chi connectivity index (χ0) is 19.2. The van der Waals surface area contributed by atoms with Crippen LogP contribution in [0.25, 0.3) is 11.4 Å². The fourth-order valence-electron chi connectivity index (χ4n) is 2.68. The molecular formula is C19H18FN3O4. The van der Waals surface area contributed by atoms with Crippen molar-refractivity contribution >= 4 is 5.69 Å². The molecule has 1 aromatic heterocycles. The van der Waals surface area contributed by atoms with Crippen LogP contribution in [-0.4, -0.2) is 32.3 Å². The van der Waals surface area contributed by atoms with Crippen LogP contribution < -0.4 is 0 Å². The predicted molar refractivity (Wildman–Crippen MR) is 96.4 cm³/mol. The monoisotopic (exact) mass is 371 g/mol. The van der Waals surface area contributed by atoms with E-state index < -0.39 is 11.0 Å². The van der Waals surface area contributed by atoms with E-state index in [4.69, 9.17) is 4.74 Å². The molecule has 1 heterocycles. The van der Waals surface area contributed by atoms with E-state index in [2.05, 4.69) is 4.98 Å². The van der Waals surface area contributed by atoms with Gasteiger partial charge < -0.3 is 14.4 Å². The van der Waals surface area contributed by atoms with Crippen LogP contribution >= 0.6 is 0 Å². The van der Waals surface area contributed by atoms with Gasteiger partial charge in [0.1, 0.15) is 11.6 Å². The third-order valence-corrected chi connectivity index (χ3v) is 3.96. The van der Waals surface area contributed by atoms with E-state index >= 15 is 0 Å². The normalized spacial score (nSPS) is 12.1. The van der Waals surface area contributed by atoms with Gasteiger partial charge in [-0.3, -0.25) is 10.1 Å². The lowest BCUT2D eigenvalue weighted by atomic mass is 10.2. The smallest absolute Gasteiger partial charge is 0.270 e. The number of aromatic nitrogens is 2. The molecule has 0 aliphatic carbocycles. The number of hydrogen-bond donors (Lipinski definition) is 1. The maximum Gasteiger partial charge on any atom is 0.270 e. The van der Waals surface area contributed by atoms with Gasteiger partial charge in [-0.05, 0) is 6.07 Å². The lowest BCUT2D eigenvalue weighted by Gasteiger charge is -2.14. The number of aliphatic hydroxyl groups is 1. The summed E-state index contributed by atoms with van der Waals surface area (Å²) in [6, 6.07) is 12.4. The molecule has 0 unspecified atom stereocenters. The van der Waals surface area contributed by atoms with Crippen molar-refractivity contribution < 1.29 is 19.2 Å². The number of rotatable bonds is 8. The van der Waals surface area contributed by atoms with E-state index in [0.29, 0.717) is 17.0 Å². The molecule has 0 saturated carbocycles. The van der Waals surface area contributed by atoms with E-state index in [0.717, 1.165) is 0 Å². The fraction of sp³-hybridized carbons (Fsp3) is 0.211. The third-order valence-electron chi connectivity index (χ3n) is 3.96. The average molecular weight is 371 g/mol. The first-order valence-corrected chi connectivity index (χ1v) is 8.30. The van der Waals surface area contributed by atoms with Crippen molar-refractivity contribution in [1.29, 1.82) is 0 Å². The maximum absolute atomic E-state index is 13.5. The summed E-state index contributed by atoms with van der Waals surface area (Å²) in [5.74, 6) is 0.154. The fourth-order valence-corrected chi connectivity index (χ4v) is 2.68. The van der Waals surface area contributed by atoms with Crippen molar-refractivity contribution in [3.05, 3.63) is 82.4 Å². The number of benzene rings is 2. The molecule has 0 spiro atoms. The van der Waals surface area contributed by atoms with Crippen LogP contribution in [-0.2, 0) is 17.9 Å². The summed E-state index contributed by atoms with van der Waals surface area (Å²) in [7, 11) is 0. The summed E-state index contributed by atoms with van der Waals surface area (Å²) in [5, 5.41) is 21.1. The molecule has 3 aromatic rings. The molecule has 7 nitrogen and oxygen atoms in total. The van der Waals surface area contributed by atoms with Gasteiger partial charge in [-0.25, -0.2) is 9.37 Å². The van der Waals surface area contributed by atoms with Crippen molar-refractivity contribution in [2.45, 2.75) is 19.3 Å². The number of nitro groups is 1. The van der Waals surface area contributed by atoms with Crippen LogP contribution in [0.3, 0.4) is 0 Å². The minimum absolute atomic E-state index is 0.0148. The van der Waals surface area contributed by atoms with Gasteiger partial charge in [0, 0.05) is 35.7 Å². The Balaban J connectivity index is 1.62. The molecule has 27 heavy (non-hydrogen) atoms. The second-order valence-electron chi connectivity index (χ2n) is 5.97. The number of hydrogen-bond acceptors (Lipinski definition) is 5. The van der Waals surface area contributed by atoms with Crippen LogP contribution in [0.1, 0.15) is 5.56 Å². The highest BCUT2D eigenvalue weighted by Gasteiger charge is 2.14. The number of nitro benzene ring substituents is 1. The Kier molecular flexibility index (Phi) is 5.90. The highest BCUT2D eigenvalue weighted by molar-refractivity contribution is 5.59. The minimum Gasteiger partial charge on any atom is -0.389 e. The van der Waals surface area contributed by atoms with Crippen LogP contribution in [0.5, 0.6) is 0 Å². The number of ether oxygens (including phenoxy) is 1. The molecule has 0 bridgehead atoms. The van der Waals surface area contributed by atoms with Crippen molar-refractivity contribution in [2.24, 2.45) is 0 Å². The van der Waals surface area contributed by atoms with E-state index in [1.165, 1.54) is 18.2 Å². The SMILES string of the molecule is O=[N+]([O-])c1cccc(-c2nccn2C[C@H](O)COCc2ccccc2F)c1. The zero-order valence-electron chi connectivity index (χ0n) is 14.4. The predicted octanol–water partition coefficient (Wildman–Crippen LogP) is 3.18. The van der Waals surface area contributed by atoms with Gasteiger partial charge in [-0.15, -0.1) is 0 Å². The number of nitrogens with zero attached hydrogens (tertiary/aromatic N) is 3. The quantitative estimate of drug-likeness (QED) is 0.485. The van der Waals surface area contributed by atoms with Gasteiger partial charge in [0.15, 0.2) is 0 Å². The zero-order valence-corrected chi connectivity index (χ0v) is 14.4. The van der Waals surface area contributed by atoms with Crippen molar-refractivity contribution in [3.63, 3.8) is 0 Å². The number of imidazole rings is 1. The molecule has 1 atom stereocenters. The molecule has 140 valence electrons. The summed E-state index contributed by atoms with van der Waals surface area (Å²) in [5.41, 5.74) is 0.967. The average Bonchev–Trinajstić information content (AvgIpc) is 3.11. The molecule has 8 heteroatoms. The minimum atomic E-state index is -0.844. The molecule has 2 aromatic carbocycles. The second kappa shape index (κ2) is 8.52. The Morgan fingerprint density at radius 2 is 2.07 bits per heavy atom. The highest BCUT2D eigenvalue weighted by atomic mass is 19.1. The van der Waals surface area contributed by atoms with E-state index in [1.54, 1.807) is 47.3 Å². The molecule has 0 fully saturated rings. The van der Waals surface area contributed by atoms with E-state index in [-0.39, 0.29) is 31.3 Å². The molecule has 0 aliphatic rings. The van der Waals surface area contributed by atoms with Gasteiger partial charge in [-0.2, -0.15) is 0 Å². The molecule has 0 saturated heterocycles. The first-order chi connectivity index (χ1) is 13.0. The molecule has 0 aliphatic heterocycles. The largest absolute Gasteiger partial charge is 0.389 e. The summed E-state index contributed by atoms with van der Waals surface area (Å²) in [6.07, 6.45) is 2.39. The summed E-state index contributed by atoms with van der Waals surface area (Å²) < 4.78 is 20.6. The second-order valence-corrected chi connectivity index (χ2v) is 5.97. The van der Waals surface area contributed by atoms with E-state index in [1.807, 2.05) is 0 Å². The number of aliphatic hydroxyl groups excluding tert-OH is 1. The summed E-state index contributed by atoms with van der Waals surface area (Å²) >= 11 is 0. The molecular weight excluding hydrogens is 353 g/mol. The maximum atomic E-state index is 13.5. The summed E-state index contributed by atoms with van der Waals surface area (Å²) in [6.45, 7) is 0.265. The van der Waals surface area contributed by atoms with Crippen LogP contribution in [0.4, 0.5) is 10.1 Å².